The van der Waals surface area contributed by atoms with E-state index in [1.54, 1.807) is 0 Å². The molecule has 0 N–H and O–H groups in total. The second-order valence-electron chi connectivity index (χ2n) is 2.15. The second-order valence-corrected chi connectivity index (χ2v) is 2.92. The standard InChI is InChI=1S/C7H3Cl2F2NO/c8-4-1-3(7(10)11)5(2-13)12-6(4)9/h1-2,7H. The lowest BCUT2D eigenvalue weighted by molar-refractivity contribution is 0.110. The number of nitrogens with zero attached hydrogens (tertiary/aromatic N) is 1. The number of aldehydes is 1. The van der Waals surface area contributed by atoms with Crippen LogP contribution in [-0.4, -0.2) is 11.3 Å². The normalized spacial score (nSPS) is 10.5. The van der Waals surface area contributed by atoms with Crippen LogP contribution in [0.5, 0.6) is 0 Å². The Morgan fingerprint density at radius 1 is 1.46 bits per heavy atom. The van der Waals surface area contributed by atoms with Crippen LogP contribution in [0.3, 0.4) is 0 Å². The predicted molar refractivity (Wildman–Crippen MR) is 44.6 cm³/mol. The average Bonchev–Trinajstić information content (AvgIpc) is 2.08. The summed E-state index contributed by atoms with van der Waals surface area (Å²) in [6.07, 6.45) is -2.58. The number of pyridine rings is 1. The van der Waals surface area contributed by atoms with Crippen molar-refractivity contribution >= 4 is 29.5 Å². The Balaban J connectivity index is 3.32. The van der Waals surface area contributed by atoms with Crippen LogP contribution in [-0.2, 0) is 0 Å². The molecule has 13 heavy (non-hydrogen) atoms. The highest BCUT2D eigenvalue weighted by molar-refractivity contribution is 6.41. The molecule has 6 heteroatoms. The molecule has 0 saturated heterocycles. The molecule has 0 fully saturated rings. The van der Waals surface area contributed by atoms with Gasteiger partial charge in [-0.1, -0.05) is 23.2 Å². The third kappa shape index (κ3) is 2.14. The SMILES string of the molecule is O=Cc1nc(Cl)c(Cl)cc1C(F)F. The van der Waals surface area contributed by atoms with Gasteiger partial charge in [0.2, 0.25) is 0 Å². The third-order valence-corrected chi connectivity index (χ3v) is 2.01. The van der Waals surface area contributed by atoms with Crippen molar-refractivity contribution in [1.29, 1.82) is 0 Å². The van der Waals surface area contributed by atoms with Gasteiger partial charge in [0.25, 0.3) is 6.43 Å². The van der Waals surface area contributed by atoms with Crippen molar-refractivity contribution in [2.75, 3.05) is 0 Å². The van der Waals surface area contributed by atoms with Crippen LogP contribution >= 0.6 is 23.2 Å². The Hall–Kier alpha value is -0.740. The van der Waals surface area contributed by atoms with Crippen molar-refractivity contribution in [3.63, 3.8) is 0 Å². The van der Waals surface area contributed by atoms with Crippen LogP contribution in [0.25, 0.3) is 0 Å². The van der Waals surface area contributed by atoms with Crippen molar-refractivity contribution in [3.05, 3.63) is 27.5 Å². The fourth-order valence-electron chi connectivity index (χ4n) is 0.763. The van der Waals surface area contributed by atoms with E-state index in [-0.39, 0.29) is 22.2 Å². The lowest BCUT2D eigenvalue weighted by Gasteiger charge is -2.03. The van der Waals surface area contributed by atoms with Crippen molar-refractivity contribution in [1.82, 2.24) is 4.98 Å². The van der Waals surface area contributed by atoms with E-state index >= 15 is 0 Å². The minimum atomic E-state index is -2.79. The molecule has 0 aromatic carbocycles. The summed E-state index contributed by atoms with van der Waals surface area (Å²) >= 11 is 10.9. The average molecular weight is 226 g/mol. The lowest BCUT2D eigenvalue weighted by atomic mass is 10.2. The van der Waals surface area contributed by atoms with Gasteiger partial charge in [-0.3, -0.25) is 4.79 Å². The monoisotopic (exact) mass is 225 g/mol. The molecule has 1 rings (SSSR count). The van der Waals surface area contributed by atoms with E-state index in [1.807, 2.05) is 0 Å². The van der Waals surface area contributed by atoms with Gasteiger partial charge in [-0.05, 0) is 6.07 Å². The predicted octanol–water partition coefficient (Wildman–Crippen LogP) is 3.14. The highest BCUT2D eigenvalue weighted by Crippen LogP contribution is 2.28. The molecule has 0 amide bonds. The fourth-order valence-corrected chi connectivity index (χ4v) is 1.07. The van der Waals surface area contributed by atoms with E-state index in [1.165, 1.54) is 0 Å². The molecule has 0 aliphatic carbocycles. The highest BCUT2D eigenvalue weighted by Gasteiger charge is 2.16. The van der Waals surface area contributed by atoms with Crippen LogP contribution < -0.4 is 0 Å². The number of aromatic nitrogens is 1. The van der Waals surface area contributed by atoms with Gasteiger partial charge in [0.05, 0.1) is 5.02 Å². The van der Waals surface area contributed by atoms with E-state index in [0.29, 0.717) is 0 Å². The maximum absolute atomic E-state index is 12.2. The number of carbonyl (C=O) groups is 1. The molecule has 0 atom stereocenters. The zero-order valence-corrected chi connectivity index (χ0v) is 7.61. The quantitative estimate of drug-likeness (QED) is 0.572. The molecular weight excluding hydrogens is 223 g/mol. The minimum absolute atomic E-state index is 0.0948. The molecule has 0 unspecified atom stereocenters. The molecule has 1 aromatic rings. The van der Waals surface area contributed by atoms with Crippen molar-refractivity contribution in [2.24, 2.45) is 0 Å². The molecule has 0 radical (unpaired) electrons. The Morgan fingerprint density at radius 2 is 2.08 bits per heavy atom. The number of rotatable bonds is 2. The summed E-state index contributed by atoms with van der Waals surface area (Å²) in [5, 5.41) is -0.254. The molecule has 0 aliphatic heterocycles. The number of halogens is 4. The topological polar surface area (TPSA) is 30.0 Å². The van der Waals surface area contributed by atoms with E-state index in [2.05, 4.69) is 4.98 Å². The molecule has 1 heterocycles. The van der Waals surface area contributed by atoms with Gasteiger partial charge < -0.3 is 0 Å². The Morgan fingerprint density at radius 3 is 2.54 bits per heavy atom. The van der Waals surface area contributed by atoms with Crippen molar-refractivity contribution in [3.8, 4) is 0 Å². The number of hydrogen-bond donors (Lipinski definition) is 0. The summed E-state index contributed by atoms with van der Waals surface area (Å²) in [5.41, 5.74) is -0.895. The molecule has 0 saturated carbocycles. The number of carbonyl (C=O) groups excluding carboxylic acids is 1. The molecule has 0 spiro atoms. The summed E-state index contributed by atoms with van der Waals surface area (Å²) < 4.78 is 24.5. The first kappa shape index (κ1) is 10.3. The number of hydrogen-bond acceptors (Lipinski definition) is 2. The van der Waals surface area contributed by atoms with Gasteiger partial charge in [-0.25, -0.2) is 13.8 Å². The maximum Gasteiger partial charge on any atom is 0.266 e. The first-order valence-electron chi connectivity index (χ1n) is 3.15. The fraction of sp³-hybridized carbons (Fsp3) is 0.143. The minimum Gasteiger partial charge on any atom is -0.296 e. The van der Waals surface area contributed by atoms with Gasteiger partial charge >= 0.3 is 0 Å². The van der Waals surface area contributed by atoms with Crippen LogP contribution in [0.2, 0.25) is 10.2 Å². The van der Waals surface area contributed by atoms with E-state index in [9.17, 15) is 13.6 Å². The molecular formula is C7H3Cl2F2NO. The van der Waals surface area contributed by atoms with Gasteiger partial charge in [0, 0.05) is 5.56 Å². The van der Waals surface area contributed by atoms with Crippen LogP contribution in [0, 0.1) is 0 Å². The van der Waals surface area contributed by atoms with E-state index < -0.39 is 12.0 Å². The van der Waals surface area contributed by atoms with Crippen LogP contribution in [0.4, 0.5) is 8.78 Å². The van der Waals surface area contributed by atoms with Crippen molar-refractivity contribution in [2.45, 2.75) is 6.43 Å². The molecule has 0 bridgehead atoms. The van der Waals surface area contributed by atoms with Gasteiger partial charge in [-0.2, -0.15) is 0 Å². The molecule has 0 aliphatic rings. The van der Waals surface area contributed by atoms with Gasteiger partial charge in [0.1, 0.15) is 10.8 Å². The highest BCUT2D eigenvalue weighted by atomic mass is 35.5. The summed E-state index contributed by atoms with van der Waals surface area (Å²) in [7, 11) is 0. The Kier molecular flexibility index (Phi) is 3.17. The largest absolute Gasteiger partial charge is 0.296 e. The zero-order chi connectivity index (χ0) is 10.0. The lowest BCUT2D eigenvalue weighted by Crippen LogP contribution is -1.97. The van der Waals surface area contributed by atoms with Gasteiger partial charge in [-0.15, -0.1) is 0 Å². The molecule has 70 valence electrons. The maximum atomic E-state index is 12.2. The summed E-state index contributed by atoms with van der Waals surface area (Å²) in [6, 6.07) is 0.936. The number of alkyl halides is 2. The zero-order valence-electron chi connectivity index (χ0n) is 6.10. The van der Waals surface area contributed by atoms with Crippen LogP contribution in [0.15, 0.2) is 6.07 Å². The summed E-state index contributed by atoms with van der Waals surface area (Å²) in [4.78, 5) is 13.7. The summed E-state index contributed by atoms with van der Waals surface area (Å²) in [5.74, 6) is 0. The van der Waals surface area contributed by atoms with Crippen LogP contribution in [0.1, 0.15) is 22.5 Å². The van der Waals surface area contributed by atoms with E-state index in [4.69, 9.17) is 23.2 Å². The first-order chi connectivity index (χ1) is 6.06. The Labute approximate surface area is 82.5 Å². The van der Waals surface area contributed by atoms with Gasteiger partial charge in [0.15, 0.2) is 6.29 Å². The summed E-state index contributed by atoms with van der Waals surface area (Å²) in [6.45, 7) is 0. The molecule has 1 aromatic heterocycles. The third-order valence-electron chi connectivity index (χ3n) is 1.34. The second kappa shape index (κ2) is 3.98. The van der Waals surface area contributed by atoms with Crippen molar-refractivity contribution < 1.29 is 13.6 Å². The van der Waals surface area contributed by atoms with E-state index in [0.717, 1.165) is 6.07 Å². The molecule has 2 nitrogen and oxygen atoms in total. The Bertz CT molecular complexity index is 344. The first-order valence-corrected chi connectivity index (χ1v) is 3.91. The smallest absolute Gasteiger partial charge is 0.266 e.